The summed E-state index contributed by atoms with van der Waals surface area (Å²) in [6.45, 7) is 4.05. The first-order valence-corrected chi connectivity index (χ1v) is 9.01. The van der Waals surface area contributed by atoms with Crippen molar-refractivity contribution in [3.63, 3.8) is 0 Å². The molecule has 4 nitrogen and oxygen atoms in total. The molecule has 2 rings (SSSR count). The monoisotopic (exact) mass is 310 g/mol. The molecule has 0 aromatic carbocycles. The van der Waals surface area contributed by atoms with Crippen molar-refractivity contribution in [1.82, 2.24) is 9.71 Å². The Morgan fingerprint density at radius 3 is 2.80 bits per heavy atom. The zero-order valence-electron chi connectivity index (χ0n) is 11.5. The lowest BCUT2D eigenvalue weighted by Gasteiger charge is -2.11. The second-order valence-electron chi connectivity index (χ2n) is 5.02. The molecule has 0 unspecified atom stereocenters. The Morgan fingerprint density at radius 1 is 1.35 bits per heavy atom. The SMILES string of the molecule is CC(C)CS(=O)(=O)NCc1cccnc1-c1ccsc1. The average Bonchev–Trinajstić information content (AvgIpc) is 2.89. The predicted molar refractivity (Wildman–Crippen MR) is 83.0 cm³/mol. The zero-order valence-corrected chi connectivity index (χ0v) is 13.2. The molecule has 0 aliphatic heterocycles. The van der Waals surface area contributed by atoms with Crippen LogP contribution in [0.2, 0.25) is 0 Å². The van der Waals surface area contributed by atoms with Crippen molar-refractivity contribution in [2.75, 3.05) is 5.75 Å². The number of nitrogens with zero attached hydrogens (tertiary/aromatic N) is 1. The molecule has 0 saturated heterocycles. The molecule has 108 valence electrons. The lowest BCUT2D eigenvalue weighted by molar-refractivity contribution is 0.568. The number of rotatable bonds is 6. The minimum atomic E-state index is -3.24. The third-order valence-corrected chi connectivity index (χ3v) is 5.09. The van der Waals surface area contributed by atoms with Gasteiger partial charge in [-0.25, -0.2) is 13.1 Å². The molecule has 0 aliphatic rings. The lowest BCUT2D eigenvalue weighted by Crippen LogP contribution is -2.28. The van der Waals surface area contributed by atoms with Gasteiger partial charge in [-0.1, -0.05) is 19.9 Å². The van der Waals surface area contributed by atoms with Crippen LogP contribution in [0.25, 0.3) is 11.3 Å². The smallest absolute Gasteiger partial charge is 0.212 e. The fourth-order valence-electron chi connectivity index (χ4n) is 1.93. The fraction of sp³-hybridized carbons (Fsp3) is 0.357. The van der Waals surface area contributed by atoms with E-state index < -0.39 is 10.0 Å². The van der Waals surface area contributed by atoms with Crippen LogP contribution in [0, 0.1) is 5.92 Å². The Bertz CT molecular complexity index is 650. The Morgan fingerprint density at radius 2 is 2.15 bits per heavy atom. The minimum absolute atomic E-state index is 0.109. The van der Waals surface area contributed by atoms with Crippen LogP contribution in [0.1, 0.15) is 19.4 Å². The van der Waals surface area contributed by atoms with Gasteiger partial charge < -0.3 is 0 Å². The molecular formula is C14H18N2O2S2. The summed E-state index contributed by atoms with van der Waals surface area (Å²) >= 11 is 1.60. The average molecular weight is 310 g/mol. The van der Waals surface area contributed by atoms with E-state index in [9.17, 15) is 8.42 Å². The van der Waals surface area contributed by atoms with Gasteiger partial charge in [0.25, 0.3) is 0 Å². The van der Waals surface area contributed by atoms with Crippen molar-refractivity contribution in [3.05, 3.63) is 40.7 Å². The maximum Gasteiger partial charge on any atom is 0.212 e. The molecule has 20 heavy (non-hydrogen) atoms. The molecule has 0 atom stereocenters. The van der Waals surface area contributed by atoms with Crippen molar-refractivity contribution >= 4 is 21.4 Å². The number of pyridine rings is 1. The second kappa shape index (κ2) is 6.47. The molecule has 0 radical (unpaired) electrons. The summed E-state index contributed by atoms with van der Waals surface area (Å²) in [4.78, 5) is 4.35. The molecule has 2 aromatic heterocycles. The van der Waals surface area contributed by atoms with E-state index in [0.717, 1.165) is 16.8 Å². The van der Waals surface area contributed by atoms with Gasteiger partial charge in [0.15, 0.2) is 0 Å². The molecular weight excluding hydrogens is 292 g/mol. The second-order valence-corrected chi connectivity index (χ2v) is 7.65. The van der Waals surface area contributed by atoms with Crippen LogP contribution < -0.4 is 4.72 Å². The van der Waals surface area contributed by atoms with Gasteiger partial charge >= 0.3 is 0 Å². The van der Waals surface area contributed by atoms with E-state index in [1.807, 2.05) is 42.8 Å². The number of aromatic nitrogens is 1. The molecule has 0 aliphatic carbocycles. The van der Waals surface area contributed by atoms with Crippen LogP contribution in [0.5, 0.6) is 0 Å². The highest BCUT2D eigenvalue weighted by Crippen LogP contribution is 2.23. The summed E-state index contributed by atoms with van der Waals surface area (Å²) in [6.07, 6.45) is 1.72. The number of hydrogen-bond acceptors (Lipinski definition) is 4. The third-order valence-electron chi connectivity index (χ3n) is 2.72. The normalized spacial score (nSPS) is 11.9. The Labute approximate surface area is 123 Å². The van der Waals surface area contributed by atoms with Gasteiger partial charge in [0.2, 0.25) is 10.0 Å². The van der Waals surface area contributed by atoms with E-state index in [2.05, 4.69) is 9.71 Å². The maximum atomic E-state index is 11.9. The fourth-order valence-corrected chi connectivity index (χ4v) is 3.94. The Hall–Kier alpha value is -1.24. The summed E-state index contributed by atoms with van der Waals surface area (Å²) in [5, 5.41) is 3.99. The summed E-state index contributed by atoms with van der Waals surface area (Å²) in [5.41, 5.74) is 2.74. The standard InChI is InChI=1S/C14H18N2O2S2/c1-11(2)10-20(17,18)16-8-12-4-3-6-15-14(12)13-5-7-19-9-13/h3-7,9,11,16H,8,10H2,1-2H3. The van der Waals surface area contributed by atoms with E-state index in [0.29, 0.717) is 0 Å². The van der Waals surface area contributed by atoms with Crippen molar-refractivity contribution in [2.24, 2.45) is 5.92 Å². The molecule has 0 amide bonds. The molecule has 2 heterocycles. The van der Waals surface area contributed by atoms with Crippen LogP contribution in [-0.2, 0) is 16.6 Å². The summed E-state index contributed by atoms with van der Waals surface area (Å²) in [6, 6.07) is 5.71. The highest BCUT2D eigenvalue weighted by Gasteiger charge is 2.14. The quantitative estimate of drug-likeness (QED) is 0.892. The lowest BCUT2D eigenvalue weighted by atomic mass is 10.1. The van der Waals surface area contributed by atoms with Gasteiger partial charge in [-0.2, -0.15) is 11.3 Å². The van der Waals surface area contributed by atoms with Crippen LogP contribution in [0.3, 0.4) is 0 Å². The van der Waals surface area contributed by atoms with Gasteiger partial charge in [-0.3, -0.25) is 4.98 Å². The van der Waals surface area contributed by atoms with Gasteiger partial charge in [0, 0.05) is 23.7 Å². The first-order valence-electron chi connectivity index (χ1n) is 6.42. The Kier molecular flexibility index (Phi) is 4.91. The third kappa shape index (κ3) is 4.13. The van der Waals surface area contributed by atoms with E-state index in [1.54, 1.807) is 17.5 Å². The highest BCUT2D eigenvalue weighted by atomic mass is 32.2. The summed E-state index contributed by atoms with van der Waals surface area (Å²) < 4.78 is 26.4. The van der Waals surface area contributed by atoms with Crippen molar-refractivity contribution in [2.45, 2.75) is 20.4 Å². The minimum Gasteiger partial charge on any atom is -0.256 e. The van der Waals surface area contributed by atoms with E-state index >= 15 is 0 Å². The van der Waals surface area contributed by atoms with Crippen molar-refractivity contribution < 1.29 is 8.42 Å². The molecule has 0 saturated carbocycles. The Balaban J connectivity index is 2.15. The largest absolute Gasteiger partial charge is 0.256 e. The summed E-state index contributed by atoms with van der Waals surface area (Å²) in [7, 11) is -3.24. The molecule has 2 aromatic rings. The van der Waals surface area contributed by atoms with E-state index in [4.69, 9.17) is 0 Å². The molecule has 0 fully saturated rings. The van der Waals surface area contributed by atoms with Crippen LogP contribution in [-0.4, -0.2) is 19.2 Å². The van der Waals surface area contributed by atoms with E-state index in [1.165, 1.54) is 0 Å². The molecule has 6 heteroatoms. The zero-order chi connectivity index (χ0) is 14.6. The van der Waals surface area contributed by atoms with Gasteiger partial charge in [0.05, 0.1) is 11.4 Å². The van der Waals surface area contributed by atoms with Crippen molar-refractivity contribution in [1.29, 1.82) is 0 Å². The molecule has 1 N–H and O–H groups in total. The topological polar surface area (TPSA) is 59.1 Å². The van der Waals surface area contributed by atoms with Gasteiger partial charge in [-0.05, 0) is 29.0 Å². The number of nitrogens with one attached hydrogen (secondary N) is 1. The van der Waals surface area contributed by atoms with Gasteiger partial charge in [0.1, 0.15) is 0 Å². The predicted octanol–water partition coefficient (Wildman–Crippen LogP) is 2.89. The van der Waals surface area contributed by atoms with Crippen LogP contribution >= 0.6 is 11.3 Å². The van der Waals surface area contributed by atoms with Crippen LogP contribution in [0.15, 0.2) is 35.2 Å². The maximum absolute atomic E-state index is 11.9. The highest BCUT2D eigenvalue weighted by molar-refractivity contribution is 7.89. The number of thiophene rings is 1. The van der Waals surface area contributed by atoms with Crippen LogP contribution in [0.4, 0.5) is 0 Å². The summed E-state index contributed by atoms with van der Waals surface area (Å²) in [5.74, 6) is 0.249. The molecule has 0 spiro atoms. The van der Waals surface area contributed by atoms with Crippen molar-refractivity contribution in [3.8, 4) is 11.3 Å². The molecule has 0 bridgehead atoms. The first kappa shape index (κ1) is 15.2. The number of sulfonamides is 1. The first-order chi connectivity index (χ1) is 9.48. The number of hydrogen-bond donors (Lipinski definition) is 1. The van der Waals surface area contributed by atoms with E-state index in [-0.39, 0.29) is 18.2 Å². The van der Waals surface area contributed by atoms with Gasteiger partial charge in [-0.15, -0.1) is 0 Å².